The zero-order valence-corrected chi connectivity index (χ0v) is 14.4. The monoisotopic (exact) mass is 344 g/mol. The van der Waals surface area contributed by atoms with E-state index in [9.17, 15) is 9.59 Å². The number of benzene rings is 1. The third-order valence-corrected chi connectivity index (χ3v) is 4.85. The average molecular weight is 344 g/mol. The molecule has 7 heteroatoms. The van der Waals surface area contributed by atoms with Crippen LogP contribution in [-0.2, 0) is 22.6 Å². The van der Waals surface area contributed by atoms with E-state index >= 15 is 0 Å². The second-order valence-electron chi connectivity index (χ2n) is 5.66. The number of hydrogen-bond acceptors (Lipinski definition) is 4. The summed E-state index contributed by atoms with van der Waals surface area (Å²) in [5.41, 5.74) is 2.42. The van der Waals surface area contributed by atoms with E-state index < -0.39 is 0 Å². The quantitative estimate of drug-likeness (QED) is 0.870. The fraction of sp³-hybridized carbons (Fsp3) is 0.353. The number of thioether (sulfide) groups is 1. The summed E-state index contributed by atoms with van der Waals surface area (Å²) in [6.45, 7) is 2.80. The van der Waals surface area contributed by atoms with E-state index in [1.165, 1.54) is 17.3 Å². The Labute approximate surface area is 145 Å². The fourth-order valence-electron chi connectivity index (χ4n) is 2.51. The number of carbonyl (C=O) groups excluding carboxylic acids is 2. The van der Waals surface area contributed by atoms with E-state index in [4.69, 9.17) is 0 Å². The zero-order chi connectivity index (χ0) is 16.9. The first-order valence-electron chi connectivity index (χ1n) is 7.90. The van der Waals surface area contributed by atoms with Gasteiger partial charge in [0.2, 0.25) is 11.8 Å². The lowest BCUT2D eigenvalue weighted by Gasteiger charge is -2.15. The Morgan fingerprint density at radius 3 is 2.67 bits per heavy atom. The number of hydrogen-bond donors (Lipinski definition) is 1. The van der Waals surface area contributed by atoms with E-state index in [2.05, 4.69) is 41.6 Å². The minimum Gasteiger partial charge on any atom is -0.323 e. The van der Waals surface area contributed by atoms with Crippen LogP contribution in [0.2, 0.25) is 0 Å². The maximum atomic E-state index is 12.1. The molecule has 0 saturated carbocycles. The SMILES string of the molecule is CCc1ccc(Cn2nccc2NC(=O)CN2CSCC2=O)cc1. The molecule has 2 aromatic rings. The van der Waals surface area contributed by atoms with Crippen LogP contribution in [0.25, 0.3) is 0 Å². The standard InChI is InChI=1S/C17H20N4O2S/c1-2-13-3-5-14(6-4-13)9-21-15(7-8-18-21)19-16(22)10-20-12-24-11-17(20)23/h3-8H,2,9-12H2,1H3,(H,19,22). The summed E-state index contributed by atoms with van der Waals surface area (Å²) in [6, 6.07) is 10.1. The molecule has 126 valence electrons. The lowest BCUT2D eigenvalue weighted by molar-refractivity contribution is -0.130. The molecule has 1 aliphatic rings. The Morgan fingerprint density at radius 2 is 2.00 bits per heavy atom. The minimum absolute atomic E-state index is 0.0136. The smallest absolute Gasteiger partial charge is 0.245 e. The van der Waals surface area contributed by atoms with E-state index in [1.54, 1.807) is 21.8 Å². The van der Waals surface area contributed by atoms with Crippen LogP contribution in [0.1, 0.15) is 18.1 Å². The Morgan fingerprint density at radius 1 is 1.25 bits per heavy atom. The number of rotatable bonds is 6. The van der Waals surface area contributed by atoms with Crippen LogP contribution in [0.15, 0.2) is 36.5 Å². The van der Waals surface area contributed by atoms with Gasteiger partial charge >= 0.3 is 0 Å². The summed E-state index contributed by atoms with van der Waals surface area (Å²) in [4.78, 5) is 25.3. The molecule has 1 N–H and O–H groups in total. The maximum Gasteiger partial charge on any atom is 0.245 e. The molecule has 1 aliphatic heterocycles. The van der Waals surface area contributed by atoms with Crippen molar-refractivity contribution in [2.45, 2.75) is 19.9 Å². The molecule has 6 nitrogen and oxygen atoms in total. The number of aryl methyl sites for hydroxylation is 1. The van der Waals surface area contributed by atoms with Crippen molar-refractivity contribution in [1.29, 1.82) is 0 Å². The maximum absolute atomic E-state index is 12.1. The molecule has 0 bridgehead atoms. The van der Waals surface area contributed by atoms with Crippen molar-refractivity contribution < 1.29 is 9.59 Å². The van der Waals surface area contributed by atoms with Gasteiger partial charge in [-0.25, -0.2) is 4.68 Å². The van der Waals surface area contributed by atoms with Gasteiger partial charge in [0.25, 0.3) is 0 Å². The van der Waals surface area contributed by atoms with Crippen LogP contribution in [0.3, 0.4) is 0 Å². The molecule has 2 heterocycles. The highest BCUT2D eigenvalue weighted by molar-refractivity contribution is 8.00. The Balaban J connectivity index is 1.61. The van der Waals surface area contributed by atoms with Crippen LogP contribution in [0.4, 0.5) is 5.82 Å². The third-order valence-electron chi connectivity index (χ3n) is 3.91. The van der Waals surface area contributed by atoms with Crippen LogP contribution in [-0.4, -0.2) is 44.7 Å². The Bertz CT molecular complexity index is 726. The number of nitrogens with zero attached hydrogens (tertiary/aromatic N) is 3. The van der Waals surface area contributed by atoms with Crippen LogP contribution >= 0.6 is 11.8 Å². The lowest BCUT2D eigenvalue weighted by Crippen LogP contribution is -2.34. The van der Waals surface area contributed by atoms with Crippen LogP contribution < -0.4 is 5.32 Å². The summed E-state index contributed by atoms with van der Waals surface area (Å²) in [6.07, 6.45) is 2.67. The molecule has 2 amide bonds. The summed E-state index contributed by atoms with van der Waals surface area (Å²) in [5.74, 6) is 1.49. The van der Waals surface area contributed by atoms with Gasteiger partial charge in [-0.1, -0.05) is 31.2 Å². The van der Waals surface area contributed by atoms with Crippen molar-refractivity contribution in [3.05, 3.63) is 47.7 Å². The molecule has 0 unspecified atom stereocenters. The van der Waals surface area contributed by atoms with Gasteiger partial charge in [0.1, 0.15) is 12.4 Å². The number of aromatic nitrogens is 2. The van der Waals surface area contributed by atoms with Gasteiger partial charge in [-0.3, -0.25) is 9.59 Å². The molecule has 0 radical (unpaired) electrons. The van der Waals surface area contributed by atoms with Crippen molar-refractivity contribution in [2.24, 2.45) is 0 Å². The van der Waals surface area contributed by atoms with Crippen LogP contribution in [0.5, 0.6) is 0 Å². The van der Waals surface area contributed by atoms with Gasteiger partial charge in [-0.2, -0.15) is 5.10 Å². The fourth-order valence-corrected chi connectivity index (χ4v) is 3.42. The highest BCUT2D eigenvalue weighted by atomic mass is 32.2. The third kappa shape index (κ3) is 3.97. The minimum atomic E-state index is -0.200. The predicted molar refractivity (Wildman–Crippen MR) is 94.8 cm³/mol. The molecule has 0 aliphatic carbocycles. The van der Waals surface area contributed by atoms with Gasteiger partial charge in [-0.15, -0.1) is 11.8 Å². The first-order chi connectivity index (χ1) is 11.7. The summed E-state index contributed by atoms with van der Waals surface area (Å²) < 4.78 is 1.75. The van der Waals surface area contributed by atoms with Crippen LogP contribution in [0, 0.1) is 0 Å². The Hall–Kier alpha value is -2.28. The molecule has 3 rings (SSSR count). The lowest BCUT2D eigenvalue weighted by atomic mass is 10.1. The number of nitrogens with one attached hydrogen (secondary N) is 1. The molecule has 1 saturated heterocycles. The van der Waals surface area contributed by atoms with Crippen molar-refractivity contribution in [3.63, 3.8) is 0 Å². The largest absolute Gasteiger partial charge is 0.323 e. The highest BCUT2D eigenvalue weighted by Crippen LogP contribution is 2.15. The molecule has 1 aromatic heterocycles. The van der Waals surface area contributed by atoms with Gasteiger partial charge in [0.05, 0.1) is 24.4 Å². The molecule has 24 heavy (non-hydrogen) atoms. The predicted octanol–water partition coefficient (Wildman–Crippen LogP) is 1.97. The first-order valence-corrected chi connectivity index (χ1v) is 9.06. The number of carbonyl (C=O) groups is 2. The molecular formula is C17H20N4O2S. The normalized spacial score (nSPS) is 14.2. The Kier molecular flexibility index (Phi) is 5.20. The summed E-state index contributed by atoms with van der Waals surface area (Å²) in [7, 11) is 0. The van der Waals surface area contributed by atoms with Gasteiger partial charge in [0.15, 0.2) is 0 Å². The first kappa shape index (κ1) is 16.6. The zero-order valence-electron chi connectivity index (χ0n) is 13.6. The topological polar surface area (TPSA) is 67.2 Å². The molecule has 1 fully saturated rings. The number of amides is 2. The molecular weight excluding hydrogens is 324 g/mol. The van der Waals surface area contributed by atoms with Gasteiger partial charge < -0.3 is 10.2 Å². The molecule has 0 atom stereocenters. The van der Waals surface area contributed by atoms with Crippen molar-refractivity contribution in [1.82, 2.24) is 14.7 Å². The van der Waals surface area contributed by atoms with Crippen molar-refractivity contribution >= 4 is 29.4 Å². The second kappa shape index (κ2) is 7.53. The van der Waals surface area contributed by atoms with Gasteiger partial charge in [0, 0.05) is 6.07 Å². The average Bonchev–Trinajstić information content (AvgIpc) is 3.18. The summed E-state index contributed by atoms with van der Waals surface area (Å²) >= 11 is 1.53. The highest BCUT2D eigenvalue weighted by Gasteiger charge is 2.23. The van der Waals surface area contributed by atoms with E-state index in [-0.39, 0.29) is 18.4 Å². The van der Waals surface area contributed by atoms with E-state index in [1.807, 2.05) is 0 Å². The number of anilines is 1. The second-order valence-corrected chi connectivity index (χ2v) is 6.62. The molecule has 1 aromatic carbocycles. The van der Waals surface area contributed by atoms with E-state index in [0.717, 1.165) is 12.0 Å². The van der Waals surface area contributed by atoms with Gasteiger partial charge in [-0.05, 0) is 17.5 Å². The van der Waals surface area contributed by atoms with E-state index in [0.29, 0.717) is 24.0 Å². The summed E-state index contributed by atoms with van der Waals surface area (Å²) in [5, 5.41) is 7.11. The van der Waals surface area contributed by atoms with Crippen molar-refractivity contribution in [3.8, 4) is 0 Å². The van der Waals surface area contributed by atoms with Crippen molar-refractivity contribution in [2.75, 3.05) is 23.5 Å². The molecule has 0 spiro atoms.